The lowest BCUT2D eigenvalue weighted by atomic mass is 9.82. The van der Waals surface area contributed by atoms with Gasteiger partial charge in [0.1, 0.15) is 12.4 Å². The zero-order valence-corrected chi connectivity index (χ0v) is 15.7. The molecule has 1 aliphatic rings. The van der Waals surface area contributed by atoms with Crippen LogP contribution in [0.25, 0.3) is 0 Å². The number of likely N-dealkylation sites (N-methyl/N-ethyl adjacent to an activating group) is 1. The lowest BCUT2D eigenvalue weighted by Crippen LogP contribution is -2.54. The number of hydrogen-bond acceptors (Lipinski definition) is 4. The number of nitrogens with one attached hydrogen (secondary N) is 1. The van der Waals surface area contributed by atoms with Gasteiger partial charge >= 0.3 is 0 Å². The lowest BCUT2D eigenvalue weighted by molar-refractivity contribution is -0.127. The second-order valence-electron chi connectivity index (χ2n) is 6.88. The maximum absolute atomic E-state index is 12.5. The van der Waals surface area contributed by atoms with Gasteiger partial charge < -0.3 is 20.7 Å². The number of amides is 1. The molecule has 1 fully saturated rings. The van der Waals surface area contributed by atoms with Gasteiger partial charge in [-0.25, -0.2) is 0 Å². The molecule has 5 heteroatoms. The molecule has 0 aliphatic heterocycles. The number of hydrogen-bond donors (Lipinski definition) is 2. The third-order valence-electron chi connectivity index (χ3n) is 5.17. The Morgan fingerprint density at radius 3 is 2.56 bits per heavy atom. The minimum Gasteiger partial charge on any atom is -0.492 e. The highest BCUT2D eigenvalue weighted by molar-refractivity contribution is 5.86. The van der Waals surface area contributed by atoms with Crippen LogP contribution in [0.15, 0.2) is 24.3 Å². The van der Waals surface area contributed by atoms with E-state index in [0.717, 1.165) is 56.6 Å². The summed E-state index contributed by atoms with van der Waals surface area (Å²) in [6, 6.07) is 7.89. The van der Waals surface area contributed by atoms with Crippen molar-refractivity contribution in [3.63, 3.8) is 0 Å². The van der Waals surface area contributed by atoms with E-state index < -0.39 is 5.54 Å². The summed E-state index contributed by atoms with van der Waals surface area (Å²) in [6.07, 6.45) is 4.81. The monoisotopic (exact) mass is 347 g/mol. The highest BCUT2D eigenvalue weighted by Gasteiger charge is 2.34. The lowest BCUT2D eigenvalue weighted by Gasteiger charge is -2.31. The summed E-state index contributed by atoms with van der Waals surface area (Å²) >= 11 is 0. The average molecular weight is 348 g/mol. The van der Waals surface area contributed by atoms with E-state index in [1.807, 2.05) is 24.3 Å². The smallest absolute Gasteiger partial charge is 0.240 e. The van der Waals surface area contributed by atoms with Crippen LogP contribution in [0.2, 0.25) is 0 Å². The number of carbonyl (C=O) groups is 1. The molecule has 3 N–H and O–H groups in total. The van der Waals surface area contributed by atoms with Crippen molar-refractivity contribution in [2.24, 2.45) is 5.73 Å². The average Bonchev–Trinajstić information content (AvgIpc) is 2.64. The first kappa shape index (κ1) is 19.7. The normalized spacial score (nSPS) is 16.6. The van der Waals surface area contributed by atoms with Crippen LogP contribution in [0.5, 0.6) is 5.75 Å². The SMILES string of the molecule is CCN(CC)CCOc1ccccc1CNC(=O)C1(N)CCCCC1. The van der Waals surface area contributed by atoms with Gasteiger partial charge in [0.05, 0.1) is 5.54 Å². The van der Waals surface area contributed by atoms with E-state index in [1.165, 1.54) is 6.42 Å². The molecule has 0 radical (unpaired) electrons. The molecule has 2 rings (SSSR count). The van der Waals surface area contributed by atoms with Crippen molar-refractivity contribution in [1.29, 1.82) is 0 Å². The molecular weight excluding hydrogens is 314 g/mol. The molecule has 5 nitrogen and oxygen atoms in total. The molecule has 0 aromatic heterocycles. The van der Waals surface area contributed by atoms with Gasteiger partial charge in [-0.05, 0) is 32.0 Å². The number of nitrogens with two attached hydrogens (primary N) is 1. The van der Waals surface area contributed by atoms with E-state index >= 15 is 0 Å². The highest BCUT2D eigenvalue weighted by atomic mass is 16.5. The molecule has 0 bridgehead atoms. The van der Waals surface area contributed by atoms with Crippen LogP contribution < -0.4 is 15.8 Å². The maximum atomic E-state index is 12.5. The second kappa shape index (κ2) is 9.78. The summed E-state index contributed by atoms with van der Waals surface area (Å²) in [5, 5.41) is 3.02. The summed E-state index contributed by atoms with van der Waals surface area (Å²) in [7, 11) is 0. The van der Waals surface area contributed by atoms with Crippen LogP contribution >= 0.6 is 0 Å². The predicted octanol–water partition coefficient (Wildman–Crippen LogP) is 2.69. The summed E-state index contributed by atoms with van der Waals surface area (Å²) in [5.41, 5.74) is 6.60. The van der Waals surface area contributed by atoms with E-state index in [0.29, 0.717) is 13.2 Å². The fraction of sp³-hybridized carbons (Fsp3) is 0.650. The Morgan fingerprint density at radius 1 is 1.20 bits per heavy atom. The van der Waals surface area contributed by atoms with Crippen LogP contribution in [0.3, 0.4) is 0 Å². The molecule has 0 unspecified atom stereocenters. The van der Waals surface area contributed by atoms with Crippen molar-refractivity contribution in [2.45, 2.75) is 58.0 Å². The third kappa shape index (κ3) is 5.72. The van der Waals surface area contributed by atoms with Crippen molar-refractivity contribution in [1.82, 2.24) is 10.2 Å². The number of rotatable bonds is 9. The highest BCUT2D eigenvalue weighted by Crippen LogP contribution is 2.26. The molecule has 1 aromatic rings. The number of carbonyl (C=O) groups excluding carboxylic acids is 1. The van der Waals surface area contributed by atoms with Crippen LogP contribution in [0, 0.1) is 0 Å². The van der Waals surface area contributed by atoms with Crippen LogP contribution in [0.1, 0.15) is 51.5 Å². The Hall–Kier alpha value is -1.59. The standard InChI is InChI=1S/C20H33N3O2/c1-3-23(4-2)14-15-25-18-11-7-6-10-17(18)16-22-19(24)20(21)12-8-5-9-13-20/h6-7,10-11H,3-5,8-9,12-16,21H2,1-2H3,(H,22,24). The summed E-state index contributed by atoms with van der Waals surface area (Å²) in [5.74, 6) is 0.801. The Bertz CT molecular complexity index is 537. The van der Waals surface area contributed by atoms with Gasteiger partial charge in [0.25, 0.3) is 0 Å². The first-order valence-electron chi connectivity index (χ1n) is 9.59. The first-order valence-corrected chi connectivity index (χ1v) is 9.59. The van der Waals surface area contributed by atoms with Crippen molar-refractivity contribution in [2.75, 3.05) is 26.2 Å². The third-order valence-corrected chi connectivity index (χ3v) is 5.17. The fourth-order valence-corrected chi connectivity index (χ4v) is 3.38. The van der Waals surface area contributed by atoms with Gasteiger partial charge in [0.2, 0.25) is 5.91 Å². The molecular formula is C20H33N3O2. The number of para-hydroxylation sites is 1. The topological polar surface area (TPSA) is 67.6 Å². The molecule has 140 valence electrons. The van der Waals surface area contributed by atoms with Gasteiger partial charge in [-0.3, -0.25) is 4.79 Å². The zero-order valence-electron chi connectivity index (χ0n) is 15.7. The van der Waals surface area contributed by atoms with Gasteiger partial charge in [-0.2, -0.15) is 0 Å². The Kier molecular flexibility index (Phi) is 7.72. The molecule has 0 spiro atoms. The zero-order chi connectivity index (χ0) is 18.1. The summed E-state index contributed by atoms with van der Waals surface area (Å²) in [4.78, 5) is 14.8. The Labute approximate surface area is 151 Å². The quantitative estimate of drug-likeness (QED) is 0.721. The molecule has 0 atom stereocenters. The first-order chi connectivity index (χ1) is 12.1. The minimum absolute atomic E-state index is 0.0369. The summed E-state index contributed by atoms with van der Waals surface area (Å²) in [6.45, 7) is 8.36. The molecule has 0 saturated heterocycles. The number of ether oxygens (including phenoxy) is 1. The van der Waals surface area contributed by atoms with E-state index in [2.05, 4.69) is 24.1 Å². The van der Waals surface area contributed by atoms with Gasteiger partial charge in [-0.15, -0.1) is 0 Å². The molecule has 1 amide bonds. The molecule has 25 heavy (non-hydrogen) atoms. The van der Waals surface area contributed by atoms with Crippen molar-refractivity contribution in [3.05, 3.63) is 29.8 Å². The predicted molar refractivity (Wildman–Crippen MR) is 102 cm³/mol. The fourth-order valence-electron chi connectivity index (χ4n) is 3.38. The van der Waals surface area contributed by atoms with E-state index in [9.17, 15) is 4.79 Å². The van der Waals surface area contributed by atoms with Gasteiger partial charge in [-0.1, -0.05) is 51.3 Å². The largest absolute Gasteiger partial charge is 0.492 e. The number of benzene rings is 1. The van der Waals surface area contributed by atoms with Crippen molar-refractivity contribution < 1.29 is 9.53 Å². The molecule has 1 aliphatic carbocycles. The summed E-state index contributed by atoms with van der Waals surface area (Å²) < 4.78 is 5.95. The minimum atomic E-state index is -0.698. The van der Waals surface area contributed by atoms with Crippen LogP contribution in [-0.2, 0) is 11.3 Å². The van der Waals surface area contributed by atoms with Crippen molar-refractivity contribution in [3.8, 4) is 5.75 Å². The van der Waals surface area contributed by atoms with E-state index in [4.69, 9.17) is 10.5 Å². The van der Waals surface area contributed by atoms with Crippen molar-refractivity contribution >= 4 is 5.91 Å². The van der Waals surface area contributed by atoms with E-state index in [-0.39, 0.29) is 5.91 Å². The van der Waals surface area contributed by atoms with Gasteiger partial charge in [0.15, 0.2) is 0 Å². The van der Waals surface area contributed by atoms with E-state index in [1.54, 1.807) is 0 Å². The van der Waals surface area contributed by atoms with Gasteiger partial charge in [0, 0.05) is 18.7 Å². The Morgan fingerprint density at radius 2 is 1.88 bits per heavy atom. The Balaban J connectivity index is 1.88. The molecule has 1 aromatic carbocycles. The van der Waals surface area contributed by atoms with Crippen LogP contribution in [0.4, 0.5) is 0 Å². The maximum Gasteiger partial charge on any atom is 0.240 e. The molecule has 1 saturated carbocycles. The number of nitrogens with zero attached hydrogens (tertiary/aromatic N) is 1. The second-order valence-corrected chi connectivity index (χ2v) is 6.88. The van der Waals surface area contributed by atoms with Crippen LogP contribution in [-0.4, -0.2) is 42.6 Å². The molecule has 0 heterocycles.